The highest BCUT2D eigenvalue weighted by atomic mass is 32.2. The molecule has 1 heterocycles. The second-order valence-corrected chi connectivity index (χ2v) is 5.60. The van der Waals surface area contributed by atoms with Crippen LogP contribution >= 0.6 is 11.8 Å². The van der Waals surface area contributed by atoms with Gasteiger partial charge >= 0.3 is 0 Å². The summed E-state index contributed by atoms with van der Waals surface area (Å²) in [4.78, 5) is 0. The predicted octanol–water partition coefficient (Wildman–Crippen LogP) is 2.66. The average Bonchev–Trinajstić information content (AvgIpc) is 2.79. The first-order chi connectivity index (χ1) is 8.70. The lowest BCUT2D eigenvalue weighted by Crippen LogP contribution is -2.09. The summed E-state index contributed by atoms with van der Waals surface area (Å²) in [6.45, 7) is 2.79. The quantitative estimate of drug-likeness (QED) is 0.900. The van der Waals surface area contributed by atoms with Crippen molar-refractivity contribution in [2.24, 2.45) is 12.8 Å². The van der Waals surface area contributed by atoms with Gasteiger partial charge in [-0.25, -0.2) is 0 Å². The molecule has 1 unspecified atom stereocenters. The van der Waals surface area contributed by atoms with Crippen LogP contribution in [-0.2, 0) is 12.8 Å². The fraction of sp³-hybridized carbons (Fsp3) is 0.357. The molecule has 0 amide bonds. The van der Waals surface area contributed by atoms with Crippen molar-refractivity contribution in [2.75, 3.05) is 6.54 Å². The molecule has 2 N–H and O–H groups in total. The van der Waals surface area contributed by atoms with Crippen molar-refractivity contribution in [3.63, 3.8) is 0 Å². The Morgan fingerprint density at radius 2 is 2.17 bits per heavy atom. The maximum absolute atomic E-state index is 5.86. The summed E-state index contributed by atoms with van der Waals surface area (Å²) in [5.74, 6) is 0.990. The second kappa shape index (κ2) is 6.07. The first-order valence-corrected chi connectivity index (χ1v) is 7.10. The topological polar surface area (TPSA) is 43.8 Å². The molecule has 2 aromatic rings. The van der Waals surface area contributed by atoms with Crippen LogP contribution in [0.3, 0.4) is 0 Å². The van der Waals surface area contributed by atoms with Crippen LogP contribution in [0.4, 0.5) is 0 Å². The molecule has 1 aromatic carbocycles. The van der Waals surface area contributed by atoms with E-state index in [0.29, 0.717) is 11.8 Å². The number of nitrogens with zero attached hydrogens (tertiary/aromatic N) is 2. The summed E-state index contributed by atoms with van der Waals surface area (Å²) in [7, 11) is 1.93. The zero-order chi connectivity index (χ0) is 13.0. The maximum Gasteiger partial charge on any atom is 0.0533 e. The van der Waals surface area contributed by atoms with Crippen LogP contribution in [0.25, 0.3) is 0 Å². The molecule has 0 saturated carbocycles. The van der Waals surface area contributed by atoms with E-state index in [2.05, 4.69) is 36.3 Å². The van der Waals surface area contributed by atoms with Crippen LogP contribution in [0, 0.1) is 6.92 Å². The molecular weight excluding hydrogens is 242 g/mol. The van der Waals surface area contributed by atoms with E-state index in [1.54, 1.807) is 0 Å². The first kappa shape index (κ1) is 13.2. The zero-order valence-corrected chi connectivity index (χ0v) is 11.7. The number of rotatable bonds is 5. The third-order valence-electron chi connectivity index (χ3n) is 3.01. The number of aryl methyl sites for hydroxylation is 2. The van der Waals surface area contributed by atoms with E-state index in [-0.39, 0.29) is 0 Å². The Bertz CT molecular complexity index is 507. The molecule has 0 saturated heterocycles. The summed E-state index contributed by atoms with van der Waals surface area (Å²) in [6, 6.07) is 8.49. The minimum absolute atomic E-state index is 0.318. The van der Waals surface area contributed by atoms with Gasteiger partial charge in [0.2, 0.25) is 0 Å². The minimum Gasteiger partial charge on any atom is -0.329 e. The van der Waals surface area contributed by atoms with Crippen molar-refractivity contribution in [2.45, 2.75) is 17.9 Å². The van der Waals surface area contributed by atoms with Gasteiger partial charge in [0.25, 0.3) is 0 Å². The van der Waals surface area contributed by atoms with Crippen molar-refractivity contribution in [1.82, 2.24) is 9.78 Å². The second-order valence-electron chi connectivity index (χ2n) is 4.41. The highest BCUT2D eigenvalue weighted by Gasteiger charge is 2.12. The number of aromatic nitrogens is 2. The smallest absolute Gasteiger partial charge is 0.0533 e. The average molecular weight is 261 g/mol. The fourth-order valence-corrected chi connectivity index (χ4v) is 3.02. The Balaban J connectivity index is 2.02. The van der Waals surface area contributed by atoms with E-state index in [1.165, 1.54) is 16.7 Å². The van der Waals surface area contributed by atoms with Crippen LogP contribution in [0.5, 0.6) is 0 Å². The Labute approximate surface area is 112 Å². The van der Waals surface area contributed by atoms with Crippen LogP contribution in [0.2, 0.25) is 0 Å². The zero-order valence-electron chi connectivity index (χ0n) is 10.8. The van der Waals surface area contributed by atoms with E-state index in [0.717, 1.165) is 5.75 Å². The van der Waals surface area contributed by atoms with Gasteiger partial charge in [-0.15, -0.1) is 11.8 Å². The largest absolute Gasteiger partial charge is 0.329 e. The number of thioether (sulfide) groups is 1. The van der Waals surface area contributed by atoms with Gasteiger partial charge in [0.05, 0.1) is 6.20 Å². The van der Waals surface area contributed by atoms with Crippen molar-refractivity contribution in [3.05, 3.63) is 53.3 Å². The molecule has 0 radical (unpaired) electrons. The van der Waals surface area contributed by atoms with Gasteiger partial charge in [-0.2, -0.15) is 5.10 Å². The van der Waals surface area contributed by atoms with Crippen LogP contribution in [0.15, 0.2) is 36.7 Å². The summed E-state index contributed by atoms with van der Waals surface area (Å²) < 4.78 is 1.83. The van der Waals surface area contributed by atoms with Gasteiger partial charge in [-0.1, -0.05) is 24.3 Å². The number of hydrogen-bond acceptors (Lipinski definition) is 3. The van der Waals surface area contributed by atoms with Crippen LogP contribution in [0.1, 0.15) is 21.9 Å². The number of nitrogens with two attached hydrogens (primary N) is 1. The molecule has 2 rings (SSSR count). The normalized spacial score (nSPS) is 12.6. The van der Waals surface area contributed by atoms with Gasteiger partial charge in [-0.3, -0.25) is 4.68 Å². The fourth-order valence-electron chi connectivity index (χ4n) is 1.87. The predicted molar refractivity (Wildman–Crippen MR) is 77.5 cm³/mol. The Hall–Kier alpha value is -1.26. The number of benzene rings is 1. The standard InChI is InChI=1S/C14H19N3S/c1-11-5-3-4-6-12(11)10-18-14(7-15)13-8-16-17(2)9-13/h3-6,8-9,14H,7,10,15H2,1-2H3. The lowest BCUT2D eigenvalue weighted by atomic mass is 10.1. The maximum atomic E-state index is 5.86. The summed E-state index contributed by atoms with van der Waals surface area (Å²) in [5.41, 5.74) is 9.78. The summed E-state index contributed by atoms with van der Waals surface area (Å²) in [5, 5.41) is 4.52. The van der Waals surface area contributed by atoms with Gasteiger partial charge < -0.3 is 5.73 Å². The molecule has 96 valence electrons. The van der Waals surface area contributed by atoms with Gasteiger partial charge in [0.15, 0.2) is 0 Å². The summed E-state index contributed by atoms with van der Waals surface area (Å²) in [6.07, 6.45) is 3.95. The van der Waals surface area contributed by atoms with Gasteiger partial charge in [0.1, 0.15) is 0 Å². The molecule has 0 bridgehead atoms. The lowest BCUT2D eigenvalue weighted by Gasteiger charge is -2.13. The van der Waals surface area contributed by atoms with E-state index in [9.17, 15) is 0 Å². The molecule has 3 nitrogen and oxygen atoms in total. The third kappa shape index (κ3) is 3.15. The first-order valence-electron chi connectivity index (χ1n) is 6.05. The van der Waals surface area contributed by atoms with Gasteiger partial charge in [0, 0.05) is 36.4 Å². The third-order valence-corrected chi connectivity index (χ3v) is 4.36. The Kier molecular flexibility index (Phi) is 4.44. The molecule has 0 spiro atoms. The van der Waals surface area contributed by atoms with Crippen molar-refractivity contribution in [3.8, 4) is 0 Å². The molecular formula is C14H19N3S. The van der Waals surface area contributed by atoms with E-state index < -0.39 is 0 Å². The number of hydrogen-bond donors (Lipinski definition) is 1. The van der Waals surface area contributed by atoms with Gasteiger partial charge in [-0.05, 0) is 18.1 Å². The molecule has 1 aromatic heterocycles. The van der Waals surface area contributed by atoms with Crippen molar-refractivity contribution in [1.29, 1.82) is 0 Å². The van der Waals surface area contributed by atoms with Crippen LogP contribution < -0.4 is 5.73 Å². The molecule has 1 atom stereocenters. The van der Waals surface area contributed by atoms with E-state index in [1.807, 2.05) is 35.9 Å². The SMILES string of the molecule is Cc1ccccc1CSC(CN)c1cnn(C)c1. The monoisotopic (exact) mass is 261 g/mol. The van der Waals surface area contributed by atoms with E-state index >= 15 is 0 Å². The molecule has 0 aliphatic carbocycles. The molecule has 0 aliphatic rings. The van der Waals surface area contributed by atoms with E-state index in [4.69, 9.17) is 5.73 Å². The van der Waals surface area contributed by atoms with Crippen molar-refractivity contribution < 1.29 is 0 Å². The molecule has 0 fully saturated rings. The van der Waals surface area contributed by atoms with Crippen molar-refractivity contribution >= 4 is 11.8 Å². The molecule has 18 heavy (non-hydrogen) atoms. The van der Waals surface area contributed by atoms with Crippen LogP contribution in [-0.4, -0.2) is 16.3 Å². The minimum atomic E-state index is 0.318. The molecule has 0 aliphatic heterocycles. The highest BCUT2D eigenvalue weighted by Crippen LogP contribution is 2.30. The molecule has 4 heteroatoms. The Morgan fingerprint density at radius 1 is 1.39 bits per heavy atom. The summed E-state index contributed by atoms with van der Waals surface area (Å²) >= 11 is 1.88. The highest BCUT2D eigenvalue weighted by molar-refractivity contribution is 7.98. The lowest BCUT2D eigenvalue weighted by molar-refractivity contribution is 0.766. The Morgan fingerprint density at radius 3 is 2.78 bits per heavy atom.